The second kappa shape index (κ2) is 7.20. The maximum atomic E-state index is 5.84. The second-order valence-corrected chi connectivity index (χ2v) is 4.61. The van der Waals surface area contributed by atoms with Crippen molar-refractivity contribution in [2.75, 3.05) is 6.61 Å². The monoisotopic (exact) mass is 294 g/mol. The third kappa shape index (κ3) is 3.67. The molecule has 0 N–H and O–H groups in total. The Morgan fingerprint density at radius 3 is 2.65 bits per heavy atom. The SMILES string of the molecule is CCOc1cc(CCl)ccc1OCc1cnn(CC)c1. The normalized spacial score (nSPS) is 10.6. The first-order chi connectivity index (χ1) is 9.76. The number of rotatable bonds is 7. The predicted octanol–water partition coefficient (Wildman–Crippen LogP) is 3.62. The number of ether oxygens (including phenoxy) is 2. The Balaban J connectivity index is 2.07. The van der Waals surface area contributed by atoms with E-state index >= 15 is 0 Å². The molecule has 0 aliphatic rings. The minimum atomic E-state index is 0.462. The molecular weight excluding hydrogens is 276 g/mol. The Morgan fingerprint density at radius 1 is 1.15 bits per heavy atom. The van der Waals surface area contributed by atoms with E-state index in [1.54, 1.807) is 0 Å². The van der Waals surface area contributed by atoms with E-state index in [0.29, 0.717) is 19.1 Å². The minimum absolute atomic E-state index is 0.462. The largest absolute Gasteiger partial charge is 0.490 e. The highest BCUT2D eigenvalue weighted by Gasteiger charge is 2.07. The highest BCUT2D eigenvalue weighted by molar-refractivity contribution is 6.17. The summed E-state index contributed by atoms with van der Waals surface area (Å²) in [5.74, 6) is 1.92. The van der Waals surface area contributed by atoms with Gasteiger partial charge in [0, 0.05) is 24.2 Å². The van der Waals surface area contributed by atoms with Crippen LogP contribution in [0.5, 0.6) is 11.5 Å². The molecule has 0 saturated heterocycles. The number of aryl methyl sites for hydroxylation is 1. The average Bonchev–Trinajstić information content (AvgIpc) is 2.94. The molecule has 0 aliphatic carbocycles. The molecule has 0 bridgehead atoms. The fraction of sp³-hybridized carbons (Fsp3) is 0.400. The first kappa shape index (κ1) is 14.7. The molecule has 20 heavy (non-hydrogen) atoms. The molecule has 0 atom stereocenters. The van der Waals surface area contributed by atoms with Gasteiger partial charge in [-0.05, 0) is 31.5 Å². The Morgan fingerprint density at radius 2 is 2.00 bits per heavy atom. The van der Waals surface area contributed by atoms with E-state index in [1.807, 2.05) is 42.2 Å². The van der Waals surface area contributed by atoms with Crippen molar-refractivity contribution in [3.8, 4) is 11.5 Å². The first-order valence-corrected chi connectivity index (χ1v) is 7.26. The average molecular weight is 295 g/mol. The van der Waals surface area contributed by atoms with Crippen LogP contribution in [0.1, 0.15) is 25.0 Å². The number of halogens is 1. The van der Waals surface area contributed by atoms with Gasteiger partial charge in [0.1, 0.15) is 6.61 Å². The van der Waals surface area contributed by atoms with E-state index in [4.69, 9.17) is 21.1 Å². The molecule has 1 aromatic heterocycles. The van der Waals surface area contributed by atoms with Crippen LogP contribution in [0.4, 0.5) is 0 Å². The molecule has 0 saturated carbocycles. The van der Waals surface area contributed by atoms with Crippen LogP contribution in [0.2, 0.25) is 0 Å². The Bertz CT molecular complexity index is 555. The maximum absolute atomic E-state index is 5.84. The topological polar surface area (TPSA) is 36.3 Å². The van der Waals surface area contributed by atoms with Gasteiger partial charge in [-0.2, -0.15) is 5.10 Å². The van der Waals surface area contributed by atoms with Crippen molar-refractivity contribution in [3.05, 3.63) is 41.7 Å². The van der Waals surface area contributed by atoms with Crippen molar-refractivity contribution in [3.63, 3.8) is 0 Å². The van der Waals surface area contributed by atoms with Crippen LogP contribution < -0.4 is 9.47 Å². The van der Waals surface area contributed by atoms with E-state index in [-0.39, 0.29) is 0 Å². The number of benzene rings is 1. The summed E-state index contributed by atoms with van der Waals surface area (Å²) >= 11 is 5.84. The van der Waals surface area contributed by atoms with Crippen LogP contribution in [-0.4, -0.2) is 16.4 Å². The van der Waals surface area contributed by atoms with Gasteiger partial charge in [-0.1, -0.05) is 6.07 Å². The first-order valence-electron chi connectivity index (χ1n) is 6.72. The second-order valence-electron chi connectivity index (χ2n) is 4.34. The molecule has 4 nitrogen and oxygen atoms in total. The van der Waals surface area contributed by atoms with Crippen molar-refractivity contribution in [2.45, 2.75) is 32.9 Å². The quantitative estimate of drug-likeness (QED) is 0.732. The molecule has 1 heterocycles. The zero-order chi connectivity index (χ0) is 14.4. The van der Waals surface area contributed by atoms with Gasteiger partial charge in [-0.15, -0.1) is 11.6 Å². The maximum Gasteiger partial charge on any atom is 0.161 e. The molecule has 0 fully saturated rings. The van der Waals surface area contributed by atoms with E-state index in [0.717, 1.165) is 29.2 Å². The molecule has 0 aliphatic heterocycles. The zero-order valence-electron chi connectivity index (χ0n) is 11.8. The molecule has 2 aromatic rings. The van der Waals surface area contributed by atoms with Gasteiger partial charge in [0.2, 0.25) is 0 Å². The van der Waals surface area contributed by atoms with Crippen LogP contribution in [0.15, 0.2) is 30.6 Å². The van der Waals surface area contributed by atoms with Crippen LogP contribution in [0.3, 0.4) is 0 Å². The summed E-state index contributed by atoms with van der Waals surface area (Å²) in [6, 6.07) is 5.76. The van der Waals surface area contributed by atoms with Gasteiger partial charge >= 0.3 is 0 Å². The fourth-order valence-corrected chi connectivity index (χ4v) is 2.00. The lowest BCUT2D eigenvalue weighted by molar-refractivity contribution is 0.269. The lowest BCUT2D eigenvalue weighted by atomic mass is 10.2. The summed E-state index contributed by atoms with van der Waals surface area (Å²) in [6.45, 7) is 5.92. The summed E-state index contributed by atoms with van der Waals surface area (Å²) in [7, 11) is 0. The highest BCUT2D eigenvalue weighted by Crippen LogP contribution is 2.29. The highest BCUT2D eigenvalue weighted by atomic mass is 35.5. The Labute approximate surface area is 124 Å². The molecular formula is C15H19ClN2O2. The van der Waals surface area contributed by atoms with Crippen molar-refractivity contribution in [2.24, 2.45) is 0 Å². The van der Waals surface area contributed by atoms with Gasteiger partial charge < -0.3 is 9.47 Å². The third-order valence-electron chi connectivity index (χ3n) is 2.87. The number of hydrogen-bond acceptors (Lipinski definition) is 3. The molecule has 1 aromatic carbocycles. The van der Waals surface area contributed by atoms with Gasteiger partial charge in [-0.25, -0.2) is 0 Å². The van der Waals surface area contributed by atoms with Gasteiger partial charge in [0.05, 0.1) is 12.8 Å². The van der Waals surface area contributed by atoms with Crippen LogP contribution in [0, 0.1) is 0 Å². The van der Waals surface area contributed by atoms with E-state index in [1.165, 1.54) is 0 Å². The molecule has 5 heteroatoms. The standard InChI is InChI=1S/C15H19ClN2O2/c1-3-18-10-13(9-17-18)11-20-14-6-5-12(8-16)7-15(14)19-4-2/h5-7,9-10H,3-4,8,11H2,1-2H3. The molecule has 0 radical (unpaired) electrons. The van der Waals surface area contributed by atoms with Crippen LogP contribution in [-0.2, 0) is 19.0 Å². The van der Waals surface area contributed by atoms with Crippen molar-refractivity contribution < 1.29 is 9.47 Å². The molecule has 0 amide bonds. The van der Waals surface area contributed by atoms with Gasteiger partial charge in [0.25, 0.3) is 0 Å². The number of hydrogen-bond donors (Lipinski definition) is 0. The lowest BCUT2D eigenvalue weighted by Crippen LogP contribution is -2.00. The zero-order valence-corrected chi connectivity index (χ0v) is 12.6. The Hall–Kier alpha value is -1.68. The van der Waals surface area contributed by atoms with Crippen molar-refractivity contribution in [1.29, 1.82) is 0 Å². The predicted molar refractivity (Wildman–Crippen MR) is 79.4 cm³/mol. The summed E-state index contributed by atoms with van der Waals surface area (Å²) in [5.41, 5.74) is 2.05. The number of aromatic nitrogens is 2. The number of alkyl halides is 1. The van der Waals surface area contributed by atoms with Crippen LogP contribution >= 0.6 is 11.6 Å². The van der Waals surface area contributed by atoms with Crippen molar-refractivity contribution in [1.82, 2.24) is 9.78 Å². The summed E-state index contributed by atoms with van der Waals surface area (Å²) in [4.78, 5) is 0. The van der Waals surface area contributed by atoms with Gasteiger partial charge in [0.15, 0.2) is 11.5 Å². The molecule has 0 unspecified atom stereocenters. The molecule has 0 spiro atoms. The Kier molecular flexibility index (Phi) is 5.30. The lowest BCUT2D eigenvalue weighted by Gasteiger charge is -2.12. The third-order valence-corrected chi connectivity index (χ3v) is 3.18. The van der Waals surface area contributed by atoms with Crippen molar-refractivity contribution >= 4 is 11.6 Å². The van der Waals surface area contributed by atoms with E-state index in [9.17, 15) is 0 Å². The summed E-state index contributed by atoms with van der Waals surface area (Å²) in [5, 5.41) is 4.22. The summed E-state index contributed by atoms with van der Waals surface area (Å²) in [6.07, 6.45) is 3.80. The molecule has 108 valence electrons. The van der Waals surface area contributed by atoms with Gasteiger partial charge in [-0.3, -0.25) is 4.68 Å². The number of nitrogens with zero attached hydrogens (tertiary/aromatic N) is 2. The fourth-order valence-electron chi connectivity index (χ4n) is 1.84. The smallest absolute Gasteiger partial charge is 0.161 e. The molecule has 2 rings (SSSR count). The minimum Gasteiger partial charge on any atom is -0.490 e. The van der Waals surface area contributed by atoms with E-state index < -0.39 is 0 Å². The van der Waals surface area contributed by atoms with Crippen LogP contribution in [0.25, 0.3) is 0 Å². The summed E-state index contributed by atoms with van der Waals surface area (Å²) < 4.78 is 13.3. The van der Waals surface area contributed by atoms with E-state index in [2.05, 4.69) is 12.0 Å².